The molecule has 1 atom stereocenters. The van der Waals surface area contributed by atoms with Gasteiger partial charge in [0.1, 0.15) is 5.75 Å². The molecule has 1 aliphatic heterocycles. The van der Waals surface area contributed by atoms with Gasteiger partial charge in [-0.25, -0.2) is 4.98 Å². The Morgan fingerprint density at radius 3 is 3.20 bits per heavy atom. The summed E-state index contributed by atoms with van der Waals surface area (Å²) in [5.74, 6) is 1.54. The second-order valence-electron chi connectivity index (χ2n) is 5.26. The number of nitrogens with zero attached hydrogens (tertiary/aromatic N) is 2. The lowest BCUT2D eigenvalue weighted by atomic mass is 9.97. The van der Waals surface area contributed by atoms with Crippen LogP contribution in [0.4, 0.5) is 5.69 Å². The van der Waals surface area contributed by atoms with Crippen molar-refractivity contribution in [2.75, 3.05) is 18.5 Å². The topological polar surface area (TPSA) is 39.1 Å². The number of hydrogen-bond acceptors (Lipinski definition) is 3. The van der Waals surface area contributed by atoms with Gasteiger partial charge in [0, 0.05) is 37.1 Å². The number of aryl methyl sites for hydroxylation is 1. The molecular formula is C16H21N3O. The van der Waals surface area contributed by atoms with E-state index in [0.717, 1.165) is 38.3 Å². The molecule has 1 N–H and O–H groups in total. The molecule has 0 saturated heterocycles. The third-order valence-corrected chi connectivity index (χ3v) is 3.77. The molecule has 0 spiro atoms. The molecule has 3 rings (SSSR count). The van der Waals surface area contributed by atoms with Crippen molar-refractivity contribution in [2.24, 2.45) is 0 Å². The lowest BCUT2D eigenvalue weighted by molar-refractivity contribution is 0.317. The number of rotatable bonds is 6. The van der Waals surface area contributed by atoms with Crippen LogP contribution in [0.2, 0.25) is 0 Å². The van der Waals surface area contributed by atoms with Crippen LogP contribution in [-0.4, -0.2) is 22.7 Å². The maximum absolute atomic E-state index is 5.74. The molecule has 0 radical (unpaired) electrons. The number of nitrogens with one attached hydrogen (secondary N) is 1. The van der Waals surface area contributed by atoms with E-state index in [1.54, 1.807) is 0 Å². The Hall–Kier alpha value is -1.97. The summed E-state index contributed by atoms with van der Waals surface area (Å²) < 4.78 is 7.87. The van der Waals surface area contributed by atoms with E-state index in [1.165, 1.54) is 11.3 Å². The number of hydrogen-bond donors (Lipinski definition) is 1. The normalized spacial score (nSPS) is 16.8. The van der Waals surface area contributed by atoms with Crippen LogP contribution >= 0.6 is 0 Å². The Balaban J connectivity index is 1.68. The zero-order chi connectivity index (χ0) is 13.8. The van der Waals surface area contributed by atoms with E-state index >= 15 is 0 Å². The van der Waals surface area contributed by atoms with Gasteiger partial charge in [0.15, 0.2) is 0 Å². The van der Waals surface area contributed by atoms with Gasteiger partial charge in [0.05, 0.1) is 12.9 Å². The summed E-state index contributed by atoms with van der Waals surface area (Å²) in [5, 5.41) is 3.48. The first kappa shape index (κ1) is 13.0. The summed E-state index contributed by atoms with van der Waals surface area (Å²) in [6.45, 7) is 4.93. The molecule has 1 unspecified atom stereocenters. The van der Waals surface area contributed by atoms with Gasteiger partial charge in [-0.3, -0.25) is 0 Å². The zero-order valence-electron chi connectivity index (χ0n) is 11.9. The van der Waals surface area contributed by atoms with Crippen molar-refractivity contribution < 1.29 is 4.74 Å². The highest BCUT2D eigenvalue weighted by atomic mass is 16.5. The number of fused-ring (bicyclic) bond motifs is 1. The first-order valence-corrected chi connectivity index (χ1v) is 7.33. The summed E-state index contributed by atoms with van der Waals surface area (Å²) in [4.78, 5) is 4.09. The average Bonchev–Trinajstić information content (AvgIpc) is 3.12. The van der Waals surface area contributed by atoms with Gasteiger partial charge in [-0.15, -0.1) is 0 Å². The SMILES string of the molecule is CCCOc1ccc2c(c1)C(CCn1ccnc1)CN2. The molecule has 0 fully saturated rings. The maximum Gasteiger partial charge on any atom is 0.119 e. The third-order valence-electron chi connectivity index (χ3n) is 3.77. The summed E-state index contributed by atoms with van der Waals surface area (Å²) in [6, 6.07) is 6.39. The minimum atomic E-state index is 0.553. The van der Waals surface area contributed by atoms with E-state index < -0.39 is 0 Å². The summed E-state index contributed by atoms with van der Waals surface area (Å²) >= 11 is 0. The molecule has 106 valence electrons. The van der Waals surface area contributed by atoms with E-state index in [4.69, 9.17) is 4.74 Å². The van der Waals surface area contributed by atoms with Crippen molar-refractivity contribution in [2.45, 2.75) is 32.2 Å². The van der Waals surface area contributed by atoms with Gasteiger partial charge < -0.3 is 14.6 Å². The second-order valence-corrected chi connectivity index (χ2v) is 5.26. The standard InChI is InChI=1S/C16H21N3O/c1-2-9-20-14-3-4-16-15(10-14)13(11-18-16)5-7-19-8-6-17-12-19/h3-4,6,8,10,12-13,18H,2,5,7,9,11H2,1H3. The molecule has 1 aromatic heterocycles. The highest BCUT2D eigenvalue weighted by Gasteiger charge is 2.22. The summed E-state index contributed by atoms with van der Waals surface area (Å²) in [5.41, 5.74) is 2.64. The lowest BCUT2D eigenvalue weighted by Gasteiger charge is -2.12. The summed E-state index contributed by atoms with van der Waals surface area (Å²) in [6.07, 6.45) is 7.89. The van der Waals surface area contributed by atoms with Crippen molar-refractivity contribution >= 4 is 5.69 Å². The molecule has 0 amide bonds. The van der Waals surface area contributed by atoms with Gasteiger partial charge in [-0.05, 0) is 36.6 Å². The van der Waals surface area contributed by atoms with Gasteiger partial charge in [-0.1, -0.05) is 6.92 Å². The maximum atomic E-state index is 5.74. The van der Waals surface area contributed by atoms with Crippen LogP contribution in [0.25, 0.3) is 0 Å². The fraction of sp³-hybridized carbons (Fsp3) is 0.438. The molecule has 4 nitrogen and oxygen atoms in total. The summed E-state index contributed by atoms with van der Waals surface area (Å²) in [7, 11) is 0. The average molecular weight is 271 g/mol. The lowest BCUT2D eigenvalue weighted by Crippen LogP contribution is -2.06. The number of imidazole rings is 1. The molecular weight excluding hydrogens is 250 g/mol. The van der Waals surface area contributed by atoms with Crippen LogP contribution in [0.15, 0.2) is 36.9 Å². The number of ether oxygens (including phenoxy) is 1. The Labute approximate surface area is 119 Å². The van der Waals surface area contributed by atoms with Crippen LogP contribution in [-0.2, 0) is 6.54 Å². The molecule has 0 bridgehead atoms. The van der Waals surface area contributed by atoms with Crippen molar-refractivity contribution in [1.82, 2.24) is 9.55 Å². The number of aromatic nitrogens is 2. The van der Waals surface area contributed by atoms with Crippen LogP contribution in [0.3, 0.4) is 0 Å². The van der Waals surface area contributed by atoms with Crippen LogP contribution in [0, 0.1) is 0 Å². The van der Waals surface area contributed by atoms with Crippen LogP contribution < -0.4 is 10.1 Å². The second kappa shape index (κ2) is 5.99. The van der Waals surface area contributed by atoms with E-state index in [2.05, 4.69) is 40.0 Å². The molecule has 0 aliphatic carbocycles. The van der Waals surface area contributed by atoms with E-state index in [-0.39, 0.29) is 0 Å². The van der Waals surface area contributed by atoms with Gasteiger partial charge in [0.25, 0.3) is 0 Å². The predicted molar refractivity (Wildman–Crippen MR) is 80.3 cm³/mol. The fourth-order valence-corrected chi connectivity index (χ4v) is 2.67. The highest BCUT2D eigenvalue weighted by molar-refractivity contribution is 5.60. The number of benzene rings is 1. The molecule has 0 saturated carbocycles. The molecule has 2 aromatic rings. The van der Waals surface area contributed by atoms with Gasteiger partial charge in [-0.2, -0.15) is 0 Å². The minimum absolute atomic E-state index is 0.553. The Bertz CT molecular complexity index is 551. The first-order valence-electron chi connectivity index (χ1n) is 7.33. The Morgan fingerprint density at radius 1 is 1.45 bits per heavy atom. The minimum Gasteiger partial charge on any atom is -0.494 e. The number of anilines is 1. The Morgan fingerprint density at radius 2 is 2.40 bits per heavy atom. The van der Waals surface area contributed by atoms with Crippen molar-refractivity contribution in [3.63, 3.8) is 0 Å². The molecule has 20 heavy (non-hydrogen) atoms. The third kappa shape index (κ3) is 2.79. The highest BCUT2D eigenvalue weighted by Crippen LogP contribution is 2.36. The zero-order valence-corrected chi connectivity index (χ0v) is 11.9. The molecule has 2 heterocycles. The monoisotopic (exact) mass is 271 g/mol. The predicted octanol–water partition coefficient (Wildman–Crippen LogP) is 3.27. The molecule has 1 aliphatic rings. The fourth-order valence-electron chi connectivity index (χ4n) is 2.67. The largest absolute Gasteiger partial charge is 0.494 e. The molecule has 4 heteroatoms. The quantitative estimate of drug-likeness (QED) is 0.876. The van der Waals surface area contributed by atoms with Gasteiger partial charge in [0.2, 0.25) is 0 Å². The van der Waals surface area contributed by atoms with E-state index in [0.29, 0.717) is 5.92 Å². The van der Waals surface area contributed by atoms with Crippen molar-refractivity contribution in [3.8, 4) is 5.75 Å². The van der Waals surface area contributed by atoms with Crippen LogP contribution in [0.5, 0.6) is 5.75 Å². The Kier molecular flexibility index (Phi) is 3.90. The van der Waals surface area contributed by atoms with E-state index in [1.807, 2.05) is 18.7 Å². The van der Waals surface area contributed by atoms with E-state index in [9.17, 15) is 0 Å². The van der Waals surface area contributed by atoms with Crippen LogP contribution in [0.1, 0.15) is 31.2 Å². The van der Waals surface area contributed by atoms with Crippen molar-refractivity contribution in [1.29, 1.82) is 0 Å². The van der Waals surface area contributed by atoms with Gasteiger partial charge >= 0.3 is 0 Å². The molecule has 1 aromatic carbocycles. The first-order chi connectivity index (χ1) is 9.86. The van der Waals surface area contributed by atoms with Crippen molar-refractivity contribution in [3.05, 3.63) is 42.5 Å². The smallest absolute Gasteiger partial charge is 0.119 e.